The van der Waals surface area contributed by atoms with Gasteiger partial charge in [0.25, 0.3) is 4.84 Å². The Morgan fingerprint density at radius 2 is 1.95 bits per heavy atom. The van der Waals surface area contributed by atoms with Gasteiger partial charge in [-0.1, -0.05) is 12.1 Å². The Bertz CT molecular complexity index is 705. The lowest BCUT2D eigenvalue weighted by Gasteiger charge is -2.34. The van der Waals surface area contributed by atoms with Crippen LogP contribution in [-0.4, -0.2) is 40.0 Å². The lowest BCUT2D eigenvalue weighted by molar-refractivity contribution is -0.0778. The van der Waals surface area contributed by atoms with E-state index in [1.54, 1.807) is 4.68 Å². The predicted molar refractivity (Wildman–Crippen MR) is 90.0 cm³/mol. The fourth-order valence-electron chi connectivity index (χ4n) is 2.73. The number of nitrogens with zero attached hydrogens (tertiary/aromatic N) is 3. The minimum Gasteiger partial charge on any atom is -0.409 e. The molecule has 1 aromatic heterocycles. The maximum Gasteiger partial charge on any atom is 0.288 e. The molecule has 118 valence electrons. The molecule has 0 radical (unpaired) electrons. The number of benzene rings is 1. The van der Waals surface area contributed by atoms with Gasteiger partial charge in [-0.05, 0) is 54.1 Å². The molecule has 1 saturated heterocycles. The Labute approximate surface area is 143 Å². The molecule has 1 fully saturated rings. The van der Waals surface area contributed by atoms with Crippen molar-refractivity contribution in [3.8, 4) is 11.5 Å². The van der Waals surface area contributed by atoms with Crippen molar-refractivity contribution < 1.29 is 9.15 Å². The summed E-state index contributed by atoms with van der Waals surface area (Å²) in [5.41, 5.74) is 0.899. The molecule has 2 heterocycles. The molecule has 0 aliphatic carbocycles. The van der Waals surface area contributed by atoms with E-state index in [2.05, 4.69) is 39.8 Å². The fraction of sp³-hybridized carbons (Fsp3) is 0.467. The molecule has 2 aromatic rings. The highest BCUT2D eigenvalue weighted by Crippen LogP contribution is 2.26. The molecular formula is C15H18BrN3O2S. The van der Waals surface area contributed by atoms with Crippen LogP contribution in [-0.2, 0) is 11.4 Å². The van der Waals surface area contributed by atoms with Gasteiger partial charge in [0, 0.05) is 17.6 Å². The summed E-state index contributed by atoms with van der Waals surface area (Å²) in [6.45, 7) is 6.51. The van der Waals surface area contributed by atoms with Gasteiger partial charge >= 0.3 is 0 Å². The van der Waals surface area contributed by atoms with Gasteiger partial charge in [-0.2, -0.15) is 0 Å². The molecule has 1 aromatic carbocycles. The quantitative estimate of drug-likeness (QED) is 0.755. The summed E-state index contributed by atoms with van der Waals surface area (Å²) in [6, 6.07) is 7.81. The minimum absolute atomic E-state index is 0.215. The molecule has 0 saturated carbocycles. The van der Waals surface area contributed by atoms with Crippen molar-refractivity contribution in [2.24, 2.45) is 0 Å². The van der Waals surface area contributed by atoms with Crippen molar-refractivity contribution >= 4 is 28.1 Å². The third kappa shape index (κ3) is 3.48. The second-order valence-corrected chi connectivity index (χ2v) is 6.79. The minimum atomic E-state index is 0.215. The van der Waals surface area contributed by atoms with Crippen molar-refractivity contribution in [2.45, 2.75) is 32.7 Å². The van der Waals surface area contributed by atoms with Crippen molar-refractivity contribution in [3.05, 3.63) is 33.6 Å². The van der Waals surface area contributed by atoms with Gasteiger partial charge in [0.05, 0.1) is 24.4 Å². The number of ether oxygens (including phenoxy) is 1. The van der Waals surface area contributed by atoms with Crippen LogP contribution in [0.3, 0.4) is 0 Å². The second-order valence-electron chi connectivity index (χ2n) is 5.59. The summed E-state index contributed by atoms with van der Waals surface area (Å²) in [6.07, 6.45) is 0.431. The van der Waals surface area contributed by atoms with Gasteiger partial charge in [0.15, 0.2) is 0 Å². The normalized spacial score (nSPS) is 22.9. The first-order valence-electron chi connectivity index (χ1n) is 7.23. The van der Waals surface area contributed by atoms with Gasteiger partial charge < -0.3 is 9.15 Å². The first-order chi connectivity index (χ1) is 10.5. The Kier molecular flexibility index (Phi) is 4.77. The number of halogens is 1. The van der Waals surface area contributed by atoms with Crippen LogP contribution in [0.5, 0.6) is 0 Å². The summed E-state index contributed by atoms with van der Waals surface area (Å²) >= 11 is 8.81. The number of morpholine rings is 1. The predicted octanol–water partition coefficient (Wildman–Crippen LogP) is 3.70. The van der Waals surface area contributed by atoms with E-state index in [1.165, 1.54) is 0 Å². The van der Waals surface area contributed by atoms with Crippen LogP contribution >= 0.6 is 28.1 Å². The van der Waals surface area contributed by atoms with E-state index in [0.29, 0.717) is 17.4 Å². The lowest BCUT2D eigenvalue weighted by atomic mass is 10.2. The summed E-state index contributed by atoms with van der Waals surface area (Å²) < 4.78 is 14.1. The molecular weight excluding hydrogens is 366 g/mol. The third-order valence-electron chi connectivity index (χ3n) is 3.54. The Morgan fingerprint density at radius 1 is 1.27 bits per heavy atom. The maximum atomic E-state index is 5.75. The smallest absolute Gasteiger partial charge is 0.288 e. The zero-order valence-corrected chi connectivity index (χ0v) is 14.9. The molecule has 3 rings (SSSR count). The molecule has 0 bridgehead atoms. The Morgan fingerprint density at radius 3 is 2.64 bits per heavy atom. The van der Waals surface area contributed by atoms with Gasteiger partial charge in [-0.15, -0.1) is 5.10 Å². The first kappa shape index (κ1) is 15.9. The molecule has 5 nitrogen and oxygen atoms in total. The molecule has 0 N–H and O–H groups in total. The zero-order chi connectivity index (χ0) is 15.7. The van der Waals surface area contributed by atoms with Gasteiger partial charge in [0.1, 0.15) is 0 Å². The van der Waals surface area contributed by atoms with E-state index in [1.807, 2.05) is 24.3 Å². The van der Waals surface area contributed by atoms with Crippen LogP contribution in [0.15, 0.2) is 33.2 Å². The molecule has 2 atom stereocenters. The second kappa shape index (κ2) is 6.62. The van der Waals surface area contributed by atoms with Gasteiger partial charge in [-0.3, -0.25) is 4.90 Å². The van der Waals surface area contributed by atoms with Gasteiger partial charge in [-0.25, -0.2) is 4.68 Å². The van der Waals surface area contributed by atoms with Crippen LogP contribution in [0.2, 0.25) is 0 Å². The SMILES string of the molecule is C[C@@H]1CN(Cn2nc(-c3ccccc3Br)oc2=S)C[C@H](C)O1. The van der Waals surface area contributed by atoms with Crippen LogP contribution in [0, 0.1) is 4.84 Å². The van der Waals surface area contributed by atoms with E-state index in [9.17, 15) is 0 Å². The molecule has 1 aliphatic heterocycles. The third-order valence-corrected chi connectivity index (χ3v) is 4.53. The first-order valence-corrected chi connectivity index (χ1v) is 8.43. The molecule has 7 heteroatoms. The highest BCUT2D eigenvalue weighted by molar-refractivity contribution is 9.10. The summed E-state index contributed by atoms with van der Waals surface area (Å²) in [7, 11) is 0. The standard InChI is InChI=1S/C15H18BrN3O2S/c1-10-7-18(8-11(2)20-10)9-19-15(22)21-14(17-19)12-5-3-4-6-13(12)16/h3-6,10-11H,7-9H2,1-2H3/t10-,11+. The van der Waals surface area contributed by atoms with E-state index < -0.39 is 0 Å². The van der Waals surface area contributed by atoms with Crippen molar-refractivity contribution in [1.82, 2.24) is 14.7 Å². The highest BCUT2D eigenvalue weighted by Gasteiger charge is 2.23. The molecule has 1 aliphatic rings. The summed E-state index contributed by atoms with van der Waals surface area (Å²) in [5, 5.41) is 4.52. The topological polar surface area (TPSA) is 43.4 Å². The summed E-state index contributed by atoms with van der Waals surface area (Å²) in [5.74, 6) is 0.534. The maximum absolute atomic E-state index is 5.75. The zero-order valence-electron chi connectivity index (χ0n) is 12.5. The lowest BCUT2D eigenvalue weighted by Crippen LogP contribution is -2.46. The van der Waals surface area contributed by atoms with Crippen LogP contribution in [0.25, 0.3) is 11.5 Å². The van der Waals surface area contributed by atoms with Crippen molar-refractivity contribution in [1.29, 1.82) is 0 Å². The van der Waals surface area contributed by atoms with Crippen LogP contribution in [0.1, 0.15) is 13.8 Å². The van der Waals surface area contributed by atoms with Crippen molar-refractivity contribution in [3.63, 3.8) is 0 Å². The molecule has 0 unspecified atom stereocenters. The average Bonchev–Trinajstić information content (AvgIpc) is 2.79. The number of aromatic nitrogens is 2. The van der Waals surface area contributed by atoms with Crippen molar-refractivity contribution in [2.75, 3.05) is 13.1 Å². The monoisotopic (exact) mass is 383 g/mol. The average molecular weight is 384 g/mol. The highest BCUT2D eigenvalue weighted by atomic mass is 79.9. The van der Waals surface area contributed by atoms with E-state index >= 15 is 0 Å². The Balaban J connectivity index is 1.81. The summed E-state index contributed by atoms with van der Waals surface area (Å²) in [4.78, 5) is 2.67. The largest absolute Gasteiger partial charge is 0.409 e. The molecule has 0 spiro atoms. The number of rotatable bonds is 3. The molecule has 0 amide bonds. The van der Waals surface area contributed by atoms with Crippen LogP contribution in [0.4, 0.5) is 0 Å². The van der Waals surface area contributed by atoms with E-state index in [4.69, 9.17) is 21.4 Å². The number of hydrogen-bond donors (Lipinski definition) is 0. The van der Waals surface area contributed by atoms with E-state index in [0.717, 1.165) is 23.1 Å². The van der Waals surface area contributed by atoms with Gasteiger partial charge in [0.2, 0.25) is 5.89 Å². The number of hydrogen-bond acceptors (Lipinski definition) is 5. The molecule has 22 heavy (non-hydrogen) atoms. The Hall–Kier alpha value is -1.02. The van der Waals surface area contributed by atoms with E-state index in [-0.39, 0.29) is 12.2 Å². The fourth-order valence-corrected chi connectivity index (χ4v) is 3.36. The van der Waals surface area contributed by atoms with Crippen LogP contribution < -0.4 is 0 Å².